The van der Waals surface area contributed by atoms with Gasteiger partial charge in [0.15, 0.2) is 0 Å². The minimum atomic E-state index is -1.17. The van der Waals surface area contributed by atoms with Crippen LogP contribution in [0.4, 0.5) is 0 Å². The molecule has 0 radical (unpaired) electrons. The van der Waals surface area contributed by atoms with Gasteiger partial charge in [-0.2, -0.15) is 10.5 Å². The normalized spacial score (nSPS) is 11.9. The Bertz CT molecular complexity index is 1660. The van der Waals surface area contributed by atoms with Gasteiger partial charge in [-0.15, -0.1) is 0 Å². The molecule has 0 spiro atoms. The molecule has 1 heterocycles. The first kappa shape index (κ1) is 27.3. The molecule has 0 aliphatic heterocycles. The highest BCUT2D eigenvalue weighted by Crippen LogP contribution is 2.33. The van der Waals surface area contributed by atoms with Crippen LogP contribution >= 0.6 is 15.9 Å². The fourth-order valence-electron chi connectivity index (χ4n) is 4.07. The van der Waals surface area contributed by atoms with Crippen LogP contribution in [-0.4, -0.2) is 29.6 Å². The molecule has 0 aliphatic carbocycles. The largest absolute Gasteiger partial charge is 0.496 e. The van der Waals surface area contributed by atoms with Gasteiger partial charge >= 0.3 is 5.97 Å². The number of nitriles is 2. The number of nitrogens with two attached hydrogens (primary N) is 1. The Morgan fingerprint density at radius 1 is 1.10 bits per heavy atom. The molecule has 3 aromatic carbocycles. The SMILES string of the molecule is COc1ccc(C#N)cc1/C=C(\C#N)c1cn(C(=O)CC(N)C(=O)OCc2ccccc2)c2ccc(Br)cc12. The number of fused-ring (bicyclic) bond motifs is 1. The van der Waals surface area contributed by atoms with E-state index in [4.69, 9.17) is 15.2 Å². The van der Waals surface area contributed by atoms with Crippen molar-refractivity contribution in [2.75, 3.05) is 7.11 Å². The number of nitrogens with zero attached hydrogens (tertiary/aromatic N) is 3. The summed E-state index contributed by atoms with van der Waals surface area (Å²) in [4.78, 5) is 25.8. The molecule has 0 fully saturated rings. The van der Waals surface area contributed by atoms with Gasteiger partial charge in [0.1, 0.15) is 18.4 Å². The van der Waals surface area contributed by atoms with Crippen molar-refractivity contribution in [1.82, 2.24) is 4.57 Å². The Balaban J connectivity index is 1.65. The number of hydrogen-bond donors (Lipinski definition) is 1. The van der Waals surface area contributed by atoms with Gasteiger partial charge in [0, 0.05) is 27.2 Å². The first-order valence-electron chi connectivity index (χ1n) is 11.8. The van der Waals surface area contributed by atoms with E-state index in [0.717, 1.165) is 10.0 Å². The van der Waals surface area contributed by atoms with Crippen molar-refractivity contribution < 1.29 is 19.1 Å². The van der Waals surface area contributed by atoms with E-state index in [1.54, 1.807) is 48.7 Å². The lowest BCUT2D eigenvalue weighted by Gasteiger charge is -2.12. The van der Waals surface area contributed by atoms with Crippen LogP contribution in [0.2, 0.25) is 0 Å². The molecule has 2 N–H and O–H groups in total. The van der Waals surface area contributed by atoms with Crippen molar-refractivity contribution in [3.05, 3.63) is 99.7 Å². The van der Waals surface area contributed by atoms with E-state index >= 15 is 0 Å². The number of carbonyl (C=O) groups excluding carboxylic acids is 2. The Kier molecular flexibility index (Phi) is 8.57. The molecule has 0 saturated carbocycles. The molecule has 4 aromatic rings. The van der Waals surface area contributed by atoms with Gasteiger partial charge in [0.05, 0.1) is 42.3 Å². The number of esters is 1. The summed E-state index contributed by atoms with van der Waals surface area (Å²) in [7, 11) is 1.50. The van der Waals surface area contributed by atoms with Gasteiger partial charge in [-0.1, -0.05) is 46.3 Å². The van der Waals surface area contributed by atoms with E-state index in [1.165, 1.54) is 11.7 Å². The van der Waals surface area contributed by atoms with Gasteiger partial charge in [0.2, 0.25) is 5.91 Å². The molecule has 0 amide bonds. The number of rotatable bonds is 8. The fraction of sp³-hybridized carbons (Fsp3) is 0.133. The molecule has 9 heteroatoms. The molecule has 1 atom stereocenters. The molecular formula is C30H23BrN4O4. The molecule has 0 aliphatic rings. The second-order valence-electron chi connectivity index (χ2n) is 8.61. The second kappa shape index (κ2) is 12.2. The lowest BCUT2D eigenvalue weighted by Crippen LogP contribution is -2.35. The smallest absolute Gasteiger partial charge is 0.323 e. The van der Waals surface area contributed by atoms with Crippen LogP contribution in [0.1, 0.15) is 33.5 Å². The zero-order valence-corrected chi connectivity index (χ0v) is 22.5. The van der Waals surface area contributed by atoms with E-state index in [2.05, 4.69) is 28.1 Å². The zero-order valence-electron chi connectivity index (χ0n) is 20.9. The van der Waals surface area contributed by atoms with Crippen molar-refractivity contribution in [2.24, 2.45) is 5.73 Å². The number of methoxy groups -OCH3 is 1. The summed E-state index contributed by atoms with van der Waals surface area (Å²) in [6.07, 6.45) is 2.87. The maximum atomic E-state index is 13.3. The summed E-state index contributed by atoms with van der Waals surface area (Å²) in [6.45, 7) is 0.0545. The van der Waals surface area contributed by atoms with Crippen molar-refractivity contribution in [2.45, 2.75) is 19.1 Å². The maximum Gasteiger partial charge on any atom is 0.323 e. The molecule has 1 aromatic heterocycles. The maximum absolute atomic E-state index is 13.3. The highest BCUT2D eigenvalue weighted by atomic mass is 79.9. The molecule has 0 bridgehead atoms. The summed E-state index contributed by atoms with van der Waals surface area (Å²) >= 11 is 3.45. The van der Waals surface area contributed by atoms with Crippen LogP contribution < -0.4 is 10.5 Å². The minimum absolute atomic E-state index is 0.0545. The highest BCUT2D eigenvalue weighted by Gasteiger charge is 2.23. The lowest BCUT2D eigenvalue weighted by atomic mass is 10.0. The number of allylic oxidation sites excluding steroid dienone is 1. The average Bonchev–Trinajstić information content (AvgIpc) is 3.33. The van der Waals surface area contributed by atoms with Crippen molar-refractivity contribution in [3.8, 4) is 17.9 Å². The second-order valence-corrected chi connectivity index (χ2v) is 9.53. The molecule has 8 nitrogen and oxygen atoms in total. The Hall–Kier alpha value is -4.70. The number of aromatic nitrogens is 1. The molecule has 1 unspecified atom stereocenters. The van der Waals surface area contributed by atoms with Crippen molar-refractivity contribution in [1.29, 1.82) is 10.5 Å². The molecular weight excluding hydrogens is 560 g/mol. The fourth-order valence-corrected chi connectivity index (χ4v) is 4.43. The number of hydrogen-bond acceptors (Lipinski definition) is 7. The Morgan fingerprint density at radius 3 is 2.56 bits per heavy atom. The summed E-state index contributed by atoms with van der Waals surface area (Å²) in [6, 6.07) is 22.5. The third-order valence-corrected chi connectivity index (χ3v) is 6.52. The van der Waals surface area contributed by atoms with Crippen LogP contribution in [0.3, 0.4) is 0 Å². The van der Waals surface area contributed by atoms with E-state index in [0.29, 0.717) is 33.3 Å². The van der Waals surface area contributed by atoms with E-state index in [-0.39, 0.29) is 18.6 Å². The monoisotopic (exact) mass is 582 g/mol. The zero-order chi connectivity index (χ0) is 27.9. The molecule has 194 valence electrons. The standard InChI is InChI=1S/C30H23BrN4O4/c1-38-28-10-7-20(15-32)11-21(28)12-22(16-33)25-17-35(27-9-8-23(31)13-24(25)27)29(36)14-26(34)30(37)39-18-19-5-3-2-4-6-19/h2-13,17,26H,14,18,34H2,1H3/b22-12+. The van der Waals surface area contributed by atoms with E-state index < -0.39 is 17.9 Å². The highest BCUT2D eigenvalue weighted by molar-refractivity contribution is 9.10. The minimum Gasteiger partial charge on any atom is -0.496 e. The number of benzene rings is 3. The third-order valence-electron chi connectivity index (χ3n) is 6.03. The number of halogens is 1. The summed E-state index contributed by atoms with van der Waals surface area (Å²) in [5, 5.41) is 20.0. The first-order chi connectivity index (χ1) is 18.8. The molecule has 39 heavy (non-hydrogen) atoms. The average molecular weight is 583 g/mol. The predicted octanol–water partition coefficient (Wildman–Crippen LogP) is 5.45. The van der Waals surface area contributed by atoms with E-state index in [1.807, 2.05) is 30.3 Å². The number of ether oxygens (including phenoxy) is 2. The lowest BCUT2D eigenvalue weighted by molar-refractivity contribution is -0.146. The van der Waals surface area contributed by atoms with Crippen molar-refractivity contribution >= 4 is 50.4 Å². The van der Waals surface area contributed by atoms with Crippen LogP contribution in [-0.2, 0) is 16.1 Å². The van der Waals surface area contributed by atoms with Crippen molar-refractivity contribution in [3.63, 3.8) is 0 Å². The molecule has 0 saturated heterocycles. The van der Waals surface area contributed by atoms with Gasteiger partial charge in [-0.25, -0.2) is 0 Å². The van der Waals surface area contributed by atoms with Gasteiger partial charge in [-0.05, 0) is 48.0 Å². The van der Waals surface area contributed by atoms with Gasteiger partial charge < -0.3 is 15.2 Å². The van der Waals surface area contributed by atoms with Crippen LogP contribution in [0.5, 0.6) is 5.75 Å². The summed E-state index contributed by atoms with van der Waals surface area (Å²) in [5.74, 6) is -0.629. The first-order valence-corrected chi connectivity index (χ1v) is 12.6. The molecule has 4 rings (SSSR count). The Morgan fingerprint density at radius 2 is 1.87 bits per heavy atom. The predicted molar refractivity (Wildman–Crippen MR) is 150 cm³/mol. The third kappa shape index (κ3) is 6.24. The number of carbonyl (C=O) groups is 2. The van der Waals surface area contributed by atoms with Crippen LogP contribution in [0, 0.1) is 22.7 Å². The van der Waals surface area contributed by atoms with Crippen LogP contribution in [0.15, 0.2) is 77.4 Å². The summed E-state index contributed by atoms with van der Waals surface area (Å²) < 4.78 is 12.8. The van der Waals surface area contributed by atoms with Gasteiger partial charge in [0.25, 0.3) is 0 Å². The topological polar surface area (TPSA) is 131 Å². The quantitative estimate of drug-likeness (QED) is 0.216. The van der Waals surface area contributed by atoms with E-state index in [9.17, 15) is 20.1 Å². The Labute approximate surface area is 233 Å². The summed E-state index contributed by atoms with van der Waals surface area (Å²) in [5.41, 5.74) is 9.07. The van der Waals surface area contributed by atoms with Crippen LogP contribution in [0.25, 0.3) is 22.6 Å². The van der Waals surface area contributed by atoms with Gasteiger partial charge in [-0.3, -0.25) is 14.2 Å².